The van der Waals surface area contributed by atoms with Gasteiger partial charge in [0.05, 0.1) is 17.5 Å². The molecule has 2 unspecified atom stereocenters. The standard InChI is InChI=1S/C12H23NO4S/c1-12(14)5-3-7-13(8-6-12)18(15,16)10-11-4-2-9-17-11/h11,14H,2-10H2,1H3. The zero-order chi connectivity index (χ0) is 13.2. The molecule has 0 aromatic rings. The molecule has 0 aliphatic carbocycles. The van der Waals surface area contributed by atoms with Gasteiger partial charge in [0.25, 0.3) is 0 Å². The van der Waals surface area contributed by atoms with Crippen LogP contribution in [-0.4, -0.2) is 55.0 Å². The Hall–Kier alpha value is -0.170. The van der Waals surface area contributed by atoms with Crippen molar-refractivity contribution in [1.82, 2.24) is 4.31 Å². The van der Waals surface area contributed by atoms with Gasteiger partial charge in [0, 0.05) is 19.7 Å². The third-order valence-corrected chi connectivity index (χ3v) is 5.78. The number of rotatable bonds is 3. The highest BCUT2D eigenvalue weighted by Crippen LogP contribution is 2.24. The van der Waals surface area contributed by atoms with Gasteiger partial charge < -0.3 is 9.84 Å². The lowest BCUT2D eigenvalue weighted by Crippen LogP contribution is -2.38. The highest BCUT2D eigenvalue weighted by Gasteiger charge is 2.32. The number of hydrogen-bond acceptors (Lipinski definition) is 4. The fraction of sp³-hybridized carbons (Fsp3) is 1.00. The van der Waals surface area contributed by atoms with Crippen LogP contribution in [0.15, 0.2) is 0 Å². The van der Waals surface area contributed by atoms with E-state index < -0.39 is 15.6 Å². The second-order valence-electron chi connectivity index (χ2n) is 5.66. The van der Waals surface area contributed by atoms with Crippen molar-refractivity contribution in [3.63, 3.8) is 0 Å². The van der Waals surface area contributed by atoms with Crippen molar-refractivity contribution in [3.05, 3.63) is 0 Å². The molecule has 2 atom stereocenters. The Labute approximate surface area is 109 Å². The van der Waals surface area contributed by atoms with E-state index in [9.17, 15) is 13.5 Å². The lowest BCUT2D eigenvalue weighted by atomic mass is 9.98. The Kier molecular flexibility index (Phi) is 4.31. The number of nitrogens with zero attached hydrogens (tertiary/aromatic N) is 1. The zero-order valence-electron chi connectivity index (χ0n) is 11.0. The Bertz CT molecular complexity index is 374. The first-order chi connectivity index (χ1) is 8.39. The van der Waals surface area contributed by atoms with E-state index >= 15 is 0 Å². The molecule has 0 saturated carbocycles. The molecule has 5 nitrogen and oxygen atoms in total. The molecule has 6 heteroatoms. The van der Waals surface area contributed by atoms with E-state index in [-0.39, 0.29) is 11.9 Å². The monoisotopic (exact) mass is 277 g/mol. The normalized spacial score (nSPS) is 35.6. The topological polar surface area (TPSA) is 66.8 Å². The van der Waals surface area contributed by atoms with Gasteiger partial charge in [-0.3, -0.25) is 0 Å². The van der Waals surface area contributed by atoms with Crippen molar-refractivity contribution in [1.29, 1.82) is 0 Å². The third kappa shape index (κ3) is 3.66. The summed E-state index contributed by atoms with van der Waals surface area (Å²) in [6.07, 6.45) is 3.55. The van der Waals surface area contributed by atoms with Crippen LogP contribution >= 0.6 is 0 Å². The van der Waals surface area contributed by atoms with Crippen molar-refractivity contribution < 1.29 is 18.3 Å². The van der Waals surface area contributed by atoms with Crippen LogP contribution in [0.1, 0.15) is 39.0 Å². The molecule has 0 aromatic carbocycles. The van der Waals surface area contributed by atoms with E-state index in [4.69, 9.17) is 4.74 Å². The van der Waals surface area contributed by atoms with Gasteiger partial charge in [0.1, 0.15) is 0 Å². The second kappa shape index (κ2) is 5.45. The van der Waals surface area contributed by atoms with Crippen LogP contribution in [0.25, 0.3) is 0 Å². The molecule has 2 heterocycles. The predicted molar refractivity (Wildman–Crippen MR) is 68.8 cm³/mol. The van der Waals surface area contributed by atoms with Crippen LogP contribution in [0.5, 0.6) is 0 Å². The minimum absolute atomic E-state index is 0.0924. The molecule has 106 valence electrons. The van der Waals surface area contributed by atoms with Crippen LogP contribution < -0.4 is 0 Å². The maximum Gasteiger partial charge on any atom is 0.216 e. The maximum absolute atomic E-state index is 12.3. The smallest absolute Gasteiger partial charge is 0.216 e. The molecular formula is C12H23NO4S. The number of aliphatic hydroxyl groups is 1. The van der Waals surface area contributed by atoms with Gasteiger partial charge in [-0.05, 0) is 39.0 Å². The number of hydrogen-bond donors (Lipinski definition) is 1. The number of sulfonamides is 1. The fourth-order valence-electron chi connectivity index (χ4n) is 2.63. The molecule has 2 fully saturated rings. The van der Waals surface area contributed by atoms with Gasteiger partial charge in [0.15, 0.2) is 0 Å². The third-order valence-electron chi connectivity index (χ3n) is 3.84. The molecule has 18 heavy (non-hydrogen) atoms. The predicted octanol–water partition coefficient (Wildman–Crippen LogP) is 0.732. The Morgan fingerprint density at radius 1 is 1.33 bits per heavy atom. The summed E-state index contributed by atoms with van der Waals surface area (Å²) in [6, 6.07) is 0. The van der Waals surface area contributed by atoms with Gasteiger partial charge >= 0.3 is 0 Å². The average molecular weight is 277 g/mol. The Morgan fingerprint density at radius 3 is 2.78 bits per heavy atom. The molecule has 0 radical (unpaired) electrons. The van der Waals surface area contributed by atoms with Crippen molar-refractivity contribution >= 4 is 10.0 Å². The molecule has 2 aliphatic rings. The first-order valence-electron chi connectivity index (χ1n) is 6.71. The SMILES string of the molecule is CC1(O)CCCN(S(=O)(=O)CC2CCCO2)CC1. The molecule has 2 aliphatic heterocycles. The van der Waals surface area contributed by atoms with Gasteiger partial charge in [-0.1, -0.05) is 0 Å². The van der Waals surface area contributed by atoms with Gasteiger partial charge in [-0.15, -0.1) is 0 Å². The van der Waals surface area contributed by atoms with E-state index in [1.165, 1.54) is 4.31 Å². The van der Waals surface area contributed by atoms with Gasteiger partial charge in [-0.2, -0.15) is 0 Å². The second-order valence-corrected chi connectivity index (χ2v) is 7.68. The molecular weight excluding hydrogens is 254 g/mol. The molecule has 2 saturated heterocycles. The molecule has 0 bridgehead atoms. The van der Waals surface area contributed by atoms with Crippen molar-refractivity contribution in [2.75, 3.05) is 25.4 Å². The summed E-state index contributed by atoms with van der Waals surface area (Å²) in [5, 5.41) is 9.98. The summed E-state index contributed by atoms with van der Waals surface area (Å²) < 4.78 is 31.5. The van der Waals surface area contributed by atoms with E-state index in [1.807, 2.05) is 0 Å². The van der Waals surface area contributed by atoms with Crippen LogP contribution in [0.3, 0.4) is 0 Å². The Morgan fingerprint density at radius 2 is 2.11 bits per heavy atom. The van der Waals surface area contributed by atoms with Crippen molar-refractivity contribution in [3.8, 4) is 0 Å². The lowest BCUT2D eigenvalue weighted by Gasteiger charge is -2.23. The van der Waals surface area contributed by atoms with E-state index in [0.29, 0.717) is 32.5 Å². The van der Waals surface area contributed by atoms with Crippen LogP contribution in [0.2, 0.25) is 0 Å². The summed E-state index contributed by atoms with van der Waals surface area (Å²) in [5.41, 5.74) is -0.728. The summed E-state index contributed by atoms with van der Waals surface area (Å²) in [5.74, 6) is 0.0924. The highest BCUT2D eigenvalue weighted by atomic mass is 32.2. The van der Waals surface area contributed by atoms with Crippen LogP contribution in [-0.2, 0) is 14.8 Å². The molecule has 0 spiro atoms. The summed E-state index contributed by atoms with van der Waals surface area (Å²) >= 11 is 0. The Balaban J connectivity index is 1.96. The van der Waals surface area contributed by atoms with E-state index in [1.54, 1.807) is 6.92 Å². The number of ether oxygens (including phenoxy) is 1. The summed E-state index contributed by atoms with van der Waals surface area (Å²) in [4.78, 5) is 0. The quantitative estimate of drug-likeness (QED) is 0.826. The van der Waals surface area contributed by atoms with Crippen molar-refractivity contribution in [2.45, 2.75) is 50.7 Å². The highest BCUT2D eigenvalue weighted by molar-refractivity contribution is 7.89. The first-order valence-corrected chi connectivity index (χ1v) is 8.32. The first kappa shape index (κ1) is 14.2. The van der Waals surface area contributed by atoms with Crippen LogP contribution in [0, 0.1) is 0 Å². The minimum Gasteiger partial charge on any atom is -0.390 e. The van der Waals surface area contributed by atoms with Gasteiger partial charge in [0.2, 0.25) is 10.0 Å². The van der Waals surface area contributed by atoms with Crippen molar-refractivity contribution in [2.24, 2.45) is 0 Å². The minimum atomic E-state index is -3.24. The average Bonchev–Trinajstić information content (AvgIpc) is 2.67. The van der Waals surface area contributed by atoms with Crippen LogP contribution in [0.4, 0.5) is 0 Å². The fourth-order valence-corrected chi connectivity index (χ4v) is 4.35. The zero-order valence-corrected chi connectivity index (χ0v) is 11.8. The summed E-state index contributed by atoms with van der Waals surface area (Å²) in [7, 11) is -3.24. The van der Waals surface area contributed by atoms with Gasteiger partial charge in [-0.25, -0.2) is 12.7 Å². The summed E-state index contributed by atoms with van der Waals surface area (Å²) in [6.45, 7) is 3.39. The van der Waals surface area contributed by atoms with E-state index in [0.717, 1.165) is 19.3 Å². The molecule has 0 amide bonds. The largest absolute Gasteiger partial charge is 0.390 e. The molecule has 2 rings (SSSR count). The molecule has 0 aromatic heterocycles. The van der Waals surface area contributed by atoms with E-state index in [2.05, 4.69) is 0 Å². The maximum atomic E-state index is 12.3. The lowest BCUT2D eigenvalue weighted by molar-refractivity contribution is 0.0465. The molecule has 1 N–H and O–H groups in total.